The van der Waals surface area contributed by atoms with E-state index in [-0.39, 0.29) is 23.8 Å². The molecular weight excluding hydrogens is 232 g/mol. The summed E-state index contributed by atoms with van der Waals surface area (Å²) < 4.78 is 0. The quantitative estimate of drug-likeness (QED) is 0.770. The van der Waals surface area contributed by atoms with Crippen molar-refractivity contribution in [2.24, 2.45) is 17.6 Å². The summed E-state index contributed by atoms with van der Waals surface area (Å²) in [6.07, 6.45) is 2.79. The Morgan fingerprint density at radius 1 is 1.50 bits per heavy atom. The molecule has 0 aliphatic carbocycles. The number of carbonyl (C=O) groups excluding carboxylic acids is 1. The van der Waals surface area contributed by atoms with Crippen LogP contribution in [0.25, 0.3) is 0 Å². The minimum absolute atomic E-state index is 0.0163. The first-order valence-electron chi connectivity index (χ1n) is 6.70. The maximum Gasteiger partial charge on any atom is 0.306 e. The van der Waals surface area contributed by atoms with Crippen molar-refractivity contribution >= 4 is 11.9 Å². The number of carbonyl (C=O) groups is 2. The van der Waals surface area contributed by atoms with Gasteiger partial charge in [-0.1, -0.05) is 6.92 Å². The minimum atomic E-state index is -0.745. The molecule has 5 heteroatoms. The molecule has 1 amide bonds. The van der Waals surface area contributed by atoms with Gasteiger partial charge in [0.25, 0.3) is 0 Å². The Labute approximate surface area is 108 Å². The van der Waals surface area contributed by atoms with Crippen molar-refractivity contribution in [3.63, 3.8) is 0 Å². The van der Waals surface area contributed by atoms with Crippen LogP contribution in [0, 0.1) is 11.8 Å². The molecule has 0 aromatic carbocycles. The molecule has 1 aliphatic rings. The molecule has 18 heavy (non-hydrogen) atoms. The van der Waals surface area contributed by atoms with Crippen molar-refractivity contribution in [2.75, 3.05) is 13.1 Å². The number of piperidine rings is 1. The van der Waals surface area contributed by atoms with E-state index in [0.717, 1.165) is 12.8 Å². The number of carboxylic acids is 1. The van der Waals surface area contributed by atoms with Crippen LogP contribution in [0.2, 0.25) is 0 Å². The second-order valence-corrected chi connectivity index (χ2v) is 5.27. The van der Waals surface area contributed by atoms with Gasteiger partial charge in [-0.25, -0.2) is 0 Å². The summed E-state index contributed by atoms with van der Waals surface area (Å²) in [6.45, 7) is 5.02. The topological polar surface area (TPSA) is 83.6 Å². The van der Waals surface area contributed by atoms with Gasteiger partial charge < -0.3 is 15.7 Å². The number of aliphatic carboxylic acids is 1. The number of rotatable bonds is 5. The van der Waals surface area contributed by atoms with Gasteiger partial charge in [0.15, 0.2) is 0 Å². The van der Waals surface area contributed by atoms with Gasteiger partial charge in [0.1, 0.15) is 0 Å². The normalized spacial score (nSPS) is 25.8. The van der Waals surface area contributed by atoms with E-state index in [1.54, 1.807) is 0 Å². The van der Waals surface area contributed by atoms with Gasteiger partial charge in [0.2, 0.25) is 5.91 Å². The Balaban J connectivity index is 2.52. The molecule has 1 fully saturated rings. The van der Waals surface area contributed by atoms with Gasteiger partial charge >= 0.3 is 5.97 Å². The van der Waals surface area contributed by atoms with Gasteiger partial charge in [-0.3, -0.25) is 9.59 Å². The van der Waals surface area contributed by atoms with Crippen LogP contribution in [-0.4, -0.2) is 41.0 Å². The zero-order valence-electron chi connectivity index (χ0n) is 11.3. The summed E-state index contributed by atoms with van der Waals surface area (Å²) in [5.41, 5.74) is 5.44. The van der Waals surface area contributed by atoms with E-state index >= 15 is 0 Å². The van der Waals surface area contributed by atoms with Crippen LogP contribution >= 0.6 is 0 Å². The third-order valence-electron chi connectivity index (χ3n) is 3.77. The number of amides is 1. The molecule has 1 aliphatic heterocycles. The number of nitrogens with zero attached hydrogens (tertiary/aromatic N) is 1. The van der Waals surface area contributed by atoms with Crippen molar-refractivity contribution < 1.29 is 14.7 Å². The molecule has 3 atom stereocenters. The molecule has 3 unspecified atom stereocenters. The highest BCUT2D eigenvalue weighted by Crippen LogP contribution is 2.25. The lowest BCUT2D eigenvalue weighted by atomic mass is 9.90. The smallest absolute Gasteiger partial charge is 0.306 e. The van der Waals surface area contributed by atoms with Crippen molar-refractivity contribution in [1.82, 2.24) is 4.90 Å². The van der Waals surface area contributed by atoms with Crippen LogP contribution in [0.4, 0.5) is 0 Å². The number of likely N-dealkylation sites (tertiary alicyclic amines) is 1. The Morgan fingerprint density at radius 2 is 2.17 bits per heavy atom. The van der Waals surface area contributed by atoms with Gasteiger partial charge in [-0.05, 0) is 39.2 Å². The van der Waals surface area contributed by atoms with Crippen LogP contribution in [0.3, 0.4) is 0 Å². The predicted octanol–water partition coefficient (Wildman–Crippen LogP) is 1.07. The molecule has 1 heterocycles. The van der Waals surface area contributed by atoms with Gasteiger partial charge in [0.05, 0.1) is 5.92 Å². The van der Waals surface area contributed by atoms with E-state index in [1.165, 1.54) is 0 Å². The fourth-order valence-corrected chi connectivity index (χ4v) is 2.55. The maximum atomic E-state index is 12.2. The number of hydrogen-bond donors (Lipinski definition) is 2. The van der Waals surface area contributed by atoms with E-state index in [4.69, 9.17) is 10.8 Å². The Morgan fingerprint density at radius 3 is 2.67 bits per heavy atom. The lowest BCUT2D eigenvalue weighted by Gasteiger charge is -2.37. The Bertz CT molecular complexity index is 307. The second kappa shape index (κ2) is 6.73. The highest BCUT2D eigenvalue weighted by molar-refractivity contribution is 5.79. The molecule has 0 bridgehead atoms. The highest BCUT2D eigenvalue weighted by Gasteiger charge is 2.33. The van der Waals surface area contributed by atoms with E-state index < -0.39 is 5.97 Å². The summed E-state index contributed by atoms with van der Waals surface area (Å²) in [6, 6.07) is 0.0210. The summed E-state index contributed by atoms with van der Waals surface area (Å²) in [5.74, 6) is -0.925. The van der Waals surface area contributed by atoms with E-state index in [0.29, 0.717) is 25.9 Å². The first kappa shape index (κ1) is 15.0. The third kappa shape index (κ3) is 3.70. The highest BCUT2D eigenvalue weighted by atomic mass is 16.4. The molecule has 0 aromatic rings. The lowest BCUT2D eigenvalue weighted by molar-refractivity contribution is -0.148. The fourth-order valence-electron chi connectivity index (χ4n) is 2.55. The molecule has 5 nitrogen and oxygen atoms in total. The second-order valence-electron chi connectivity index (χ2n) is 5.27. The van der Waals surface area contributed by atoms with E-state index in [1.807, 2.05) is 18.7 Å². The molecule has 3 N–H and O–H groups in total. The summed E-state index contributed by atoms with van der Waals surface area (Å²) in [5, 5.41) is 8.99. The van der Waals surface area contributed by atoms with E-state index in [9.17, 15) is 9.59 Å². The van der Waals surface area contributed by atoms with Crippen molar-refractivity contribution in [3.8, 4) is 0 Å². The van der Waals surface area contributed by atoms with Gasteiger partial charge in [0, 0.05) is 18.5 Å². The summed E-state index contributed by atoms with van der Waals surface area (Å²) in [4.78, 5) is 25.0. The van der Waals surface area contributed by atoms with Crippen LogP contribution in [0.1, 0.15) is 39.5 Å². The minimum Gasteiger partial charge on any atom is -0.481 e. The molecule has 1 rings (SSSR count). The Hall–Kier alpha value is -1.10. The molecular formula is C13H24N2O3. The fraction of sp³-hybridized carbons (Fsp3) is 0.846. The summed E-state index contributed by atoms with van der Waals surface area (Å²) in [7, 11) is 0. The zero-order chi connectivity index (χ0) is 13.7. The largest absolute Gasteiger partial charge is 0.481 e. The maximum absolute atomic E-state index is 12.2. The average molecular weight is 256 g/mol. The number of hydrogen-bond acceptors (Lipinski definition) is 3. The molecule has 0 spiro atoms. The van der Waals surface area contributed by atoms with Crippen LogP contribution < -0.4 is 5.73 Å². The SMILES string of the molecule is CC(CCCN)C(=O)N1CCC(C(=O)O)CC1C. The lowest BCUT2D eigenvalue weighted by Crippen LogP contribution is -2.48. The van der Waals surface area contributed by atoms with Crippen LogP contribution in [0.15, 0.2) is 0 Å². The number of carboxylic acid groups (broad SMARTS) is 1. The Kier molecular flexibility index (Phi) is 5.59. The first-order valence-corrected chi connectivity index (χ1v) is 6.70. The van der Waals surface area contributed by atoms with E-state index in [2.05, 4.69) is 0 Å². The molecule has 1 saturated heterocycles. The molecule has 0 radical (unpaired) electrons. The molecule has 0 saturated carbocycles. The van der Waals surface area contributed by atoms with Gasteiger partial charge in [-0.15, -0.1) is 0 Å². The molecule has 104 valence electrons. The van der Waals surface area contributed by atoms with Crippen LogP contribution in [-0.2, 0) is 9.59 Å². The van der Waals surface area contributed by atoms with Crippen molar-refractivity contribution in [2.45, 2.75) is 45.6 Å². The predicted molar refractivity (Wildman–Crippen MR) is 69.0 cm³/mol. The molecule has 0 aromatic heterocycles. The standard InChI is InChI=1S/C13H24N2O3/c1-9(4-3-6-14)12(16)15-7-5-11(13(17)18)8-10(15)2/h9-11H,3-8,14H2,1-2H3,(H,17,18). The van der Waals surface area contributed by atoms with Gasteiger partial charge in [-0.2, -0.15) is 0 Å². The summed E-state index contributed by atoms with van der Waals surface area (Å²) >= 11 is 0. The zero-order valence-corrected chi connectivity index (χ0v) is 11.3. The number of nitrogens with two attached hydrogens (primary N) is 1. The average Bonchev–Trinajstić information content (AvgIpc) is 2.34. The van der Waals surface area contributed by atoms with Crippen molar-refractivity contribution in [3.05, 3.63) is 0 Å². The van der Waals surface area contributed by atoms with Crippen molar-refractivity contribution in [1.29, 1.82) is 0 Å². The third-order valence-corrected chi connectivity index (χ3v) is 3.77. The first-order chi connectivity index (χ1) is 8.47. The monoisotopic (exact) mass is 256 g/mol. The van der Waals surface area contributed by atoms with Crippen LogP contribution in [0.5, 0.6) is 0 Å².